The molecule has 2 rings (SSSR count). The molecule has 0 saturated carbocycles. The fourth-order valence-corrected chi connectivity index (χ4v) is 2.19. The number of amides is 1. The molecule has 1 aliphatic rings. The van der Waals surface area contributed by atoms with Crippen molar-refractivity contribution in [3.8, 4) is 0 Å². The summed E-state index contributed by atoms with van der Waals surface area (Å²) in [6.07, 6.45) is 1.03. The third kappa shape index (κ3) is 3.55. The van der Waals surface area contributed by atoms with E-state index in [1.54, 1.807) is 0 Å². The molecule has 1 saturated heterocycles. The Morgan fingerprint density at radius 2 is 1.78 bits per heavy atom. The zero-order valence-corrected chi connectivity index (χ0v) is 10.9. The van der Waals surface area contributed by atoms with Gasteiger partial charge in [-0.25, -0.2) is 0 Å². The van der Waals surface area contributed by atoms with Gasteiger partial charge in [-0.1, -0.05) is 12.1 Å². The van der Waals surface area contributed by atoms with E-state index in [1.165, 1.54) is 5.56 Å². The van der Waals surface area contributed by atoms with Gasteiger partial charge >= 0.3 is 0 Å². The van der Waals surface area contributed by atoms with E-state index >= 15 is 0 Å². The Morgan fingerprint density at radius 1 is 1.17 bits per heavy atom. The minimum atomic E-state index is -0.361. The number of piperazine rings is 1. The van der Waals surface area contributed by atoms with Crippen molar-refractivity contribution in [2.45, 2.75) is 6.42 Å². The third-order valence-corrected chi connectivity index (χ3v) is 3.55. The molecule has 0 spiro atoms. The van der Waals surface area contributed by atoms with Gasteiger partial charge in [-0.2, -0.15) is 0 Å². The van der Waals surface area contributed by atoms with Gasteiger partial charge < -0.3 is 15.5 Å². The molecule has 0 atom stereocenters. The number of hydrogen-bond donors (Lipinski definition) is 1. The molecular formula is C14H21N3O. The lowest BCUT2D eigenvalue weighted by atomic mass is 10.1. The van der Waals surface area contributed by atoms with Crippen LogP contribution in [-0.4, -0.2) is 55.5 Å². The molecule has 1 aromatic carbocycles. The van der Waals surface area contributed by atoms with Gasteiger partial charge in [0, 0.05) is 38.3 Å². The van der Waals surface area contributed by atoms with Crippen LogP contribution in [0.15, 0.2) is 24.3 Å². The van der Waals surface area contributed by atoms with E-state index in [2.05, 4.69) is 16.8 Å². The molecular weight excluding hydrogens is 226 g/mol. The van der Waals surface area contributed by atoms with Crippen LogP contribution >= 0.6 is 0 Å². The molecule has 18 heavy (non-hydrogen) atoms. The second kappa shape index (κ2) is 5.98. The molecule has 1 fully saturated rings. The van der Waals surface area contributed by atoms with Gasteiger partial charge in [-0.05, 0) is 31.2 Å². The molecule has 1 amide bonds. The zero-order chi connectivity index (χ0) is 13.0. The van der Waals surface area contributed by atoms with E-state index < -0.39 is 0 Å². The predicted octanol–water partition coefficient (Wildman–Crippen LogP) is 0.575. The molecule has 0 aliphatic carbocycles. The van der Waals surface area contributed by atoms with E-state index in [4.69, 9.17) is 5.73 Å². The summed E-state index contributed by atoms with van der Waals surface area (Å²) in [5, 5.41) is 0. The average molecular weight is 247 g/mol. The quantitative estimate of drug-likeness (QED) is 0.846. The molecule has 98 valence electrons. The largest absolute Gasteiger partial charge is 0.366 e. The molecule has 0 bridgehead atoms. The van der Waals surface area contributed by atoms with Crippen molar-refractivity contribution < 1.29 is 4.79 Å². The topological polar surface area (TPSA) is 49.6 Å². The van der Waals surface area contributed by atoms with Crippen LogP contribution in [0.25, 0.3) is 0 Å². The van der Waals surface area contributed by atoms with Crippen molar-refractivity contribution >= 4 is 5.91 Å². The fraction of sp³-hybridized carbons (Fsp3) is 0.500. The highest BCUT2D eigenvalue weighted by Gasteiger charge is 2.13. The number of nitrogens with two attached hydrogens (primary N) is 1. The number of rotatable bonds is 4. The van der Waals surface area contributed by atoms with Gasteiger partial charge in [0.15, 0.2) is 0 Å². The van der Waals surface area contributed by atoms with Crippen molar-refractivity contribution in [1.29, 1.82) is 0 Å². The standard InChI is InChI=1S/C14H21N3O/c1-16-8-10-17(11-9-16)7-6-12-2-4-13(5-3-12)14(15)18/h2-5H,6-11H2,1H3,(H2,15,18). The first kappa shape index (κ1) is 13.1. The van der Waals surface area contributed by atoms with Crippen LogP contribution in [0.4, 0.5) is 0 Å². The highest BCUT2D eigenvalue weighted by atomic mass is 16.1. The molecule has 2 N–H and O–H groups in total. The van der Waals surface area contributed by atoms with Crippen molar-refractivity contribution in [2.24, 2.45) is 5.73 Å². The smallest absolute Gasteiger partial charge is 0.248 e. The van der Waals surface area contributed by atoms with Crippen molar-refractivity contribution in [2.75, 3.05) is 39.8 Å². The Hall–Kier alpha value is -1.39. The summed E-state index contributed by atoms with van der Waals surface area (Å²) in [6.45, 7) is 5.69. The lowest BCUT2D eigenvalue weighted by Crippen LogP contribution is -2.45. The molecule has 1 aromatic rings. The Bertz CT molecular complexity index is 394. The van der Waals surface area contributed by atoms with Crippen LogP contribution in [0.1, 0.15) is 15.9 Å². The Morgan fingerprint density at radius 3 is 2.33 bits per heavy atom. The SMILES string of the molecule is CN1CCN(CCc2ccc(C(N)=O)cc2)CC1. The fourth-order valence-electron chi connectivity index (χ4n) is 2.19. The number of carbonyl (C=O) groups is 1. The van der Waals surface area contributed by atoms with Gasteiger partial charge in [0.2, 0.25) is 5.91 Å². The van der Waals surface area contributed by atoms with E-state index in [0.29, 0.717) is 5.56 Å². The monoisotopic (exact) mass is 247 g/mol. The summed E-state index contributed by atoms with van der Waals surface area (Å²) >= 11 is 0. The van der Waals surface area contributed by atoms with Crippen molar-refractivity contribution in [3.63, 3.8) is 0 Å². The van der Waals surface area contributed by atoms with Crippen LogP contribution in [0.5, 0.6) is 0 Å². The Balaban J connectivity index is 1.81. The molecule has 4 heteroatoms. The van der Waals surface area contributed by atoms with E-state index in [9.17, 15) is 4.79 Å². The molecule has 1 aliphatic heterocycles. The van der Waals surface area contributed by atoms with Gasteiger partial charge in [0.25, 0.3) is 0 Å². The highest BCUT2D eigenvalue weighted by molar-refractivity contribution is 5.92. The summed E-state index contributed by atoms with van der Waals surface area (Å²) in [7, 11) is 2.17. The zero-order valence-electron chi connectivity index (χ0n) is 10.9. The van der Waals surface area contributed by atoms with Crippen molar-refractivity contribution in [3.05, 3.63) is 35.4 Å². The third-order valence-electron chi connectivity index (χ3n) is 3.55. The number of likely N-dealkylation sites (N-methyl/N-ethyl adjacent to an activating group) is 1. The maximum absolute atomic E-state index is 11.0. The molecule has 0 aromatic heterocycles. The first-order chi connectivity index (χ1) is 8.65. The van der Waals surface area contributed by atoms with Crippen LogP contribution in [0.2, 0.25) is 0 Å². The van der Waals surface area contributed by atoms with Gasteiger partial charge in [0.1, 0.15) is 0 Å². The normalized spacial score (nSPS) is 17.8. The predicted molar refractivity (Wildman–Crippen MR) is 72.6 cm³/mol. The van der Waals surface area contributed by atoms with Gasteiger partial charge in [-0.3, -0.25) is 4.79 Å². The summed E-state index contributed by atoms with van der Waals surface area (Å²) in [5.74, 6) is -0.361. The Kier molecular flexibility index (Phi) is 4.33. The summed E-state index contributed by atoms with van der Waals surface area (Å²) < 4.78 is 0. The van der Waals surface area contributed by atoms with Crippen molar-refractivity contribution in [1.82, 2.24) is 9.80 Å². The van der Waals surface area contributed by atoms with Crippen LogP contribution in [0.3, 0.4) is 0 Å². The lowest BCUT2D eigenvalue weighted by molar-refractivity contribution is 0.100. The number of benzene rings is 1. The maximum atomic E-state index is 11.0. The summed E-state index contributed by atoms with van der Waals surface area (Å²) in [5.41, 5.74) is 7.06. The van der Waals surface area contributed by atoms with Crippen LogP contribution in [0, 0.1) is 0 Å². The van der Waals surface area contributed by atoms with Crippen LogP contribution < -0.4 is 5.73 Å². The Labute approximate surface area is 108 Å². The summed E-state index contributed by atoms with van der Waals surface area (Å²) in [6, 6.07) is 7.61. The van der Waals surface area contributed by atoms with Gasteiger partial charge in [0.05, 0.1) is 0 Å². The van der Waals surface area contributed by atoms with E-state index in [1.807, 2.05) is 24.3 Å². The van der Waals surface area contributed by atoms with E-state index in [0.717, 1.165) is 39.1 Å². The number of hydrogen-bond acceptors (Lipinski definition) is 3. The van der Waals surface area contributed by atoms with Crippen LogP contribution in [-0.2, 0) is 6.42 Å². The second-order valence-corrected chi connectivity index (χ2v) is 4.96. The molecule has 0 radical (unpaired) electrons. The number of primary amides is 1. The van der Waals surface area contributed by atoms with Gasteiger partial charge in [-0.15, -0.1) is 0 Å². The summed E-state index contributed by atoms with van der Waals surface area (Å²) in [4.78, 5) is 15.8. The minimum absolute atomic E-state index is 0.361. The number of carbonyl (C=O) groups excluding carboxylic acids is 1. The average Bonchev–Trinajstić information content (AvgIpc) is 2.38. The molecule has 0 unspecified atom stereocenters. The second-order valence-electron chi connectivity index (χ2n) is 4.96. The molecule has 1 heterocycles. The lowest BCUT2D eigenvalue weighted by Gasteiger charge is -2.32. The highest BCUT2D eigenvalue weighted by Crippen LogP contribution is 2.07. The maximum Gasteiger partial charge on any atom is 0.248 e. The van der Waals surface area contributed by atoms with E-state index in [-0.39, 0.29) is 5.91 Å². The first-order valence-electron chi connectivity index (χ1n) is 6.45. The first-order valence-corrected chi connectivity index (χ1v) is 6.45. The minimum Gasteiger partial charge on any atom is -0.366 e. The number of nitrogens with zero attached hydrogens (tertiary/aromatic N) is 2. The molecule has 4 nitrogen and oxygen atoms in total.